The van der Waals surface area contributed by atoms with E-state index in [-0.39, 0.29) is 0 Å². The molecule has 0 spiro atoms. The first kappa shape index (κ1) is 17.4. The van der Waals surface area contributed by atoms with Crippen LogP contribution in [0.25, 0.3) is 6.08 Å². The Morgan fingerprint density at radius 3 is 2.43 bits per heavy atom. The predicted molar refractivity (Wildman–Crippen MR) is 83.7 cm³/mol. The predicted octanol–water partition coefficient (Wildman–Crippen LogP) is 5.61. The van der Waals surface area contributed by atoms with Gasteiger partial charge in [0.2, 0.25) is 0 Å². The van der Waals surface area contributed by atoms with Crippen LogP contribution in [0.2, 0.25) is 5.02 Å². The Bertz CT molecular complexity index is 757. The van der Waals surface area contributed by atoms with Gasteiger partial charge in [-0.25, -0.2) is 4.79 Å². The molecule has 0 aliphatic heterocycles. The second-order valence-corrected chi connectivity index (χ2v) is 6.04. The van der Waals surface area contributed by atoms with Gasteiger partial charge < -0.3 is 5.11 Å². The van der Waals surface area contributed by atoms with Crippen LogP contribution in [0.15, 0.2) is 58.3 Å². The minimum atomic E-state index is -4.39. The Morgan fingerprint density at radius 2 is 1.83 bits per heavy atom. The number of carbonyl (C=O) groups is 1. The van der Waals surface area contributed by atoms with Crippen LogP contribution in [0.5, 0.6) is 0 Å². The Kier molecular flexibility index (Phi) is 5.38. The molecule has 0 saturated heterocycles. The Labute approximate surface area is 139 Å². The molecule has 2 aromatic rings. The van der Waals surface area contributed by atoms with Gasteiger partial charge in [-0.05, 0) is 42.0 Å². The molecule has 2 rings (SSSR count). The molecule has 23 heavy (non-hydrogen) atoms. The largest absolute Gasteiger partial charge is 0.478 e. The van der Waals surface area contributed by atoms with E-state index in [1.807, 2.05) is 0 Å². The Morgan fingerprint density at radius 1 is 1.13 bits per heavy atom. The standard InChI is InChI=1S/C16H10ClF3O2S/c17-14-9-13(6-4-10(14)5-7-15(21)22)23-12-3-1-2-11(8-12)16(18,19)20/h1-9H,(H,21,22). The highest BCUT2D eigenvalue weighted by molar-refractivity contribution is 7.99. The van der Waals surface area contributed by atoms with Gasteiger partial charge in [-0.3, -0.25) is 0 Å². The molecule has 0 aliphatic carbocycles. The number of carboxylic acids is 1. The van der Waals surface area contributed by atoms with Crippen molar-refractivity contribution in [2.24, 2.45) is 0 Å². The molecular formula is C16H10ClF3O2S. The molecule has 0 fully saturated rings. The molecule has 7 heteroatoms. The first-order chi connectivity index (χ1) is 10.8. The molecule has 1 N–H and O–H groups in total. The van der Waals surface area contributed by atoms with E-state index in [0.717, 1.165) is 30.0 Å². The van der Waals surface area contributed by atoms with Gasteiger partial charge in [0.1, 0.15) is 0 Å². The van der Waals surface area contributed by atoms with Crippen LogP contribution in [0.3, 0.4) is 0 Å². The first-order valence-electron chi connectivity index (χ1n) is 6.31. The summed E-state index contributed by atoms with van der Waals surface area (Å²) in [5, 5.41) is 8.90. The van der Waals surface area contributed by atoms with Crippen LogP contribution < -0.4 is 0 Å². The highest BCUT2D eigenvalue weighted by Crippen LogP contribution is 2.35. The van der Waals surface area contributed by atoms with Crippen LogP contribution in [0.1, 0.15) is 11.1 Å². The molecule has 0 atom stereocenters. The molecule has 0 aliphatic rings. The summed E-state index contributed by atoms with van der Waals surface area (Å²) in [5.74, 6) is -1.09. The maximum absolute atomic E-state index is 12.7. The lowest BCUT2D eigenvalue weighted by atomic mass is 10.2. The second kappa shape index (κ2) is 7.10. The minimum Gasteiger partial charge on any atom is -0.478 e. The zero-order valence-corrected chi connectivity index (χ0v) is 13.0. The van der Waals surface area contributed by atoms with Gasteiger partial charge in [-0.1, -0.05) is 35.5 Å². The molecule has 0 heterocycles. The number of hydrogen-bond acceptors (Lipinski definition) is 2. The van der Waals surface area contributed by atoms with E-state index in [9.17, 15) is 18.0 Å². The van der Waals surface area contributed by atoms with Gasteiger partial charge >= 0.3 is 12.1 Å². The maximum atomic E-state index is 12.7. The van der Waals surface area contributed by atoms with Crippen LogP contribution in [0, 0.1) is 0 Å². The third-order valence-electron chi connectivity index (χ3n) is 2.77. The van der Waals surface area contributed by atoms with Crippen molar-refractivity contribution in [2.45, 2.75) is 16.0 Å². The second-order valence-electron chi connectivity index (χ2n) is 4.48. The highest BCUT2D eigenvalue weighted by atomic mass is 35.5. The van der Waals surface area contributed by atoms with E-state index in [0.29, 0.717) is 20.4 Å². The van der Waals surface area contributed by atoms with Crippen LogP contribution in [-0.2, 0) is 11.0 Å². The number of benzene rings is 2. The maximum Gasteiger partial charge on any atom is 0.416 e. The Balaban J connectivity index is 2.21. The third-order valence-corrected chi connectivity index (χ3v) is 4.08. The number of carboxylic acid groups (broad SMARTS) is 1. The van der Waals surface area contributed by atoms with E-state index in [1.165, 1.54) is 12.1 Å². The van der Waals surface area contributed by atoms with Crippen LogP contribution in [0.4, 0.5) is 13.2 Å². The molecule has 0 unspecified atom stereocenters. The molecule has 0 aromatic heterocycles. The van der Waals surface area contributed by atoms with Crippen molar-refractivity contribution in [3.05, 3.63) is 64.7 Å². The van der Waals surface area contributed by atoms with Crippen molar-refractivity contribution in [1.82, 2.24) is 0 Å². The first-order valence-corrected chi connectivity index (χ1v) is 7.51. The monoisotopic (exact) mass is 358 g/mol. The number of aliphatic carboxylic acids is 1. The number of rotatable bonds is 4. The number of hydrogen-bond donors (Lipinski definition) is 1. The fourth-order valence-corrected chi connectivity index (χ4v) is 2.97. The van der Waals surface area contributed by atoms with Crippen molar-refractivity contribution < 1.29 is 23.1 Å². The highest BCUT2D eigenvalue weighted by Gasteiger charge is 2.30. The molecule has 2 aromatic carbocycles. The smallest absolute Gasteiger partial charge is 0.416 e. The van der Waals surface area contributed by atoms with Crippen molar-refractivity contribution >= 4 is 35.4 Å². The summed E-state index contributed by atoms with van der Waals surface area (Å²) >= 11 is 7.19. The summed E-state index contributed by atoms with van der Waals surface area (Å²) < 4.78 is 38.1. The van der Waals surface area contributed by atoms with E-state index in [1.54, 1.807) is 24.3 Å². The van der Waals surface area contributed by atoms with Gasteiger partial charge in [0.15, 0.2) is 0 Å². The summed E-state index contributed by atoms with van der Waals surface area (Å²) in [5.41, 5.74) is -0.197. The van der Waals surface area contributed by atoms with Gasteiger partial charge in [0.05, 0.1) is 5.56 Å². The van der Waals surface area contributed by atoms with Gasteiger partial charge in [-0.15, -0.1) is 0 Å². The summed E-state index contributed by atoms with van der Waals surface area (Å²) in [4.78, 5) is 11.6. The van der Waals surface area contributed by atoms with E-state index >= 15 is 0 Å². The molecule has 0 radical (unpaired) electrons. The van der Waals surface area contributed by atoms with Gasteiger partial charge in [-0.2, -0.15) is 13.2 Å². The molecule has 0 saturated carbocycles. The quantitative estimate of drug-likeness (QED) is 0.722. The van der Waals surface area contributed by atoms with Gasteiger partial charge in [0, 0.05) is 20.9 Å². The number of alkyl halides is 3. The van der Waals surface area contributed by atoms with Crippen molar-refractivity contribution in [3.8, 4) is 0 Å². The molecule has 120 valence electrons. The zero-order valence-electron chi connectivity index (χ0n) is 11.5. The third kappa shape index (κ3) is 5.04. The minimum absolute atomic E-state index is 0.319. The van der Waals surface area contributed by atoms with E-state index in [2.05, 4.69) is 0 Å². The lowest BCUT2D eigenvalue weighted by molar-refractivity contribution is -0.137. The molecule has 2 nitrogen and oxygen atoms in total. The fourth-order valence-electron chi connectivity index (χ4n) is 1.74. The van der Waals surface area contributed by atoms with E-state index in [4.69, 9.17) is 16.7 Å². The summed E-state index contributed by atoms with van der Waals surface area (Å²) in [6.45, 7) is 0. The molecule has 0 bridgehead atoms. The lowest BCUT2D eigenvalue weighted by Gasteiger charge is -2.09. The lowest BCUT2D eigenvalue weighted by Crippen LogP contribution is -2.04. The van der Waals surface area contributed by atoms with Crippen molar-refractivity contribution in [3.63, 3.8) is 0 Å². The summed E-state index contributed by atoms with van der Waals surface area (Å²) in [6.07, 6.45) is -2.08. The normalized spacial score (nSPS) is 11.8. The van der Waals surface area contributed by atoms with Crippen LogP contribution >= 0.6 is 23.4 Å². The molecule has 0 amide bonds. The average molecular weight is 359 g/mol. The number of halogens is 4. The van der Waals surface area contributed by atoms with Gasteiger partial charge in [0.25, 0.3) is 0 Å². The fraction of sp³-hybridized carbons (Fsp3) is 0.0625. The zero-order chi connectivity index (χ0) is 17.0. The topological polar surface area (TPSA) is 37.3 Å². The summed E-state index contributed by atoms with van der Waals surface area (Å²) in [6, 6.07) is 9.85. The van der Waals surface area contributed by atoms with Crippen molar-refractivity contribution in [2.75, 3.05) is 0 Å². The summed E-state index contributed by atoms with van der Waals surface area (Å²) in [7, 11) is 0. The average Bonchev–Trinajstić information content (AvgIpc) is 2.45. The van der Waals surface area contributed by atoms with Crippen LogP contribution in [-0.4, -0.2) is 11.1 Å². The van der Waals surface area contributed by atoms with Crippen molar-refractivity contribution in [1.29, 1.82) is 0 Å². The Hall–Kier alpha value is -1.92. The molecular weight excluding hydrogens is 349 g/mol. The van der Waals surface area contributed by atoms with E-state index < -0.39 is 17.7 Å². The SMILES string of the molecule is O=C(O)C=Cc1ccc(Sc2cccc(C(F)(F)F)c2)cc1Cl.